The number of benzene rings is 1. The number of carbonyl (C=O) groups is 2. The topological polar surface area (TPSA) is 61.4 Å². The van der Waals surface area contributed by atoms with E-state index >= 15 is 0 Å². The van der Waals surface area contributed by atoms with Crippen LogP contribution in [0.1, 0.15) is 44.0 Å². The zero-order valence-corrected chi connectivity index (χ0v) is 15.3. The monoisotopic (exact) mass is 351 g/mol. The van der Waals surface area contributed by atoms with Crippen molar-refractivity contribution in [3.05, 3.63) is 28.8 Å². The zero-order chi connectivity index (χ0) is 17.7. The number of hydrogen-bond acceptors (Lipinski definition) is 3. The quantitative estimate of drug-likeness (QED) is 0.827. The van der Waals surface area contributed by atoms with Crippen molar-refractivity contribution in [3.8, 4) is 0 Å². The van der Waals surface area contributed by atoms with Crippen LogP contribution in [0.15, 0.2) is 18.2 Å². The van der Waals surface area contributed by atoms with E-state index in [0.717, 1.165) is 25.9 Å². The van der Waals surface area contributed by atoms with Crippen molar-refractivity contribution in [2.45, 2.75) is 39.7 Å². The first kappa shape index (κ1) is 18.7. The van der Waals surface area contributed by atoms with Crippen LogP contribution in [-0.4, -0.2) is 42.4 Å². The first-order chi connectivity index (χ1) is 11.4. The van der Waals surface area contributed by atoms with E-state index in [9.17, 15) is 9.59 Å². The van der Waals surface area contributed by atoms with E-state index < -0.39 is 0 Å². The Bertz CT molecular complexity index is 598. The molecule has 0 spiro atoms. The van der Waals surface area contributed by atoms with Crippen molar-refractivity contribution in [2.24, 2.45) is 5.92 Å². The predicted octanol–water partition coefficient (Wildman–Crippen LogP) is 3.15. The molecule has 1 unspecified atom stereocenters. The van der Waals surface area contributed by atoms with Crippen LogP contribution >= 0.6 is 11.6 Å². The smallest absolute Gasteiger partial charge is 0.255 e. The van der Waals surface area contributed by atoms with Crippen molar-refractivity contribution >= 4 is 29.1 Å². The Balaban J connectivity index is 2.24. The van der Waals surface area contributed by atoms with Crippen LogP contribution in [0.5, 0.6) is 0 Å². The second-order valence-corrected chi connectivity index (χ2v) is 6.89. The van der Waals surface area contributed by atoms with Crippen molar-refractivity contribution in [3.63, 3.8) is 0 Å². The summed E-state index contributed by atoms with van der Waals surface area (Å²) in [6.07, 6.45) is 1.84. The average molecular weight is 352 g/mol. The SMILES string of the molecule is CCCN(C(=O)c1cc(NC(=O)C(C)C)ccc1Cl)C1CCNC1. The van der Waals surface area contributed by atoms with Crippen LogP contribution in [0.25, 0.3) is 0 Å². The van der Waals surface area contributed by atoms with E-state index in [1.807, 2.05) is 18.7 Å². The Labute approximate surface area is 148 Å². The largest absolute Gasteiger partial charge is 0.334 e. The highest BCUT2D eigenvalue weighted by molar-refractivity contribution is 6.34. The van der Waals surface area contributed by atoms with Gasteiger partial charge >= 0.3 is 0 Å². The summed E-state index contributed by atoms with van der Waals surface area (Å²) in [5.41, 5.74) is 1.04. The summed E-state index contributed by atoms with van der Waals surface area (Å²) in [7, 11) is 0. The minimum absolute atomic E-state index is 0.0730. The summed E-state index contributed by atoms with van der Waals surface area (Å²) >= 11 is 6.27. The molecular formula is C18H26ClN3O2. The Morgan fingerprint density at radius 3 is 2.75 bits per heavy atom. The summed E-state index contributed by atoms with van der Waals surface area (Å²) < 4.78 is 0. The number of carbonyl (C=O) groups excluding carboxylic acids is 2. The minimum Gasteiger partial charge on any atom is -0.334 e. The lowest BCUT2D eigenvalue weighted by Gasteiger charge is -2.28. The Morgan fingerprint density at radius 1 is 1.42 bits per heavy atom. The minimum atomic E-state index is -0.124. The fourth-order valence-electron chi connectivity index (χ4n) is 2.80. The van der Waals surface area contributed by atoms with Gasteiger partial charge in [0.05, 0.1) is 10.6 Å². The van der Waals surface area contributed by atoms with E-state index in [2.05, 4.69) is 17.6 Å². The molecule has 0 aliphatic carbocycles. The molecule has 6 heteroatoms. The van der Waals surface area contributed by atoms with Gasteiger partial charge in [0.1, 0.15) is 0 Å². The standard InChI is InChI=1S/C18H26ClN3O2/c1-4-9-22(14-7-8-20-11-14)18(24)15-10-13(5-6-16(15)19)21-17(23)12(2)3/h5-6,10,12,14,20H,4,7-9,11H2,1-3H3,(H,21,23). The first-order valence-corrected chi connectivity index (χ1v) is 8.94. The fraction of sp³-hybridized carbons (Fsp3) is 0.556. The zero-order valence-electron chi connectivity index (χ0n) is 14.6. The molecule has 0 saturated carbocycles. The van der Waals surface area contributed by atoms with Gasteiger partial charge in [-0.1, -0.05) is 32.4 Å². The predicted molar refractivity (Wildman–Crippen MR) is 97.5 cm³/mol. The molecule has 5 nitrogen and oxygen atoms in total. The Kier molecular flexibility index (Phi) is 6.63. The highest BCUT2D eigenvalue weighted by Crippen LogP contribution is 2.24. The fourth-order valence-corrected chi connectivity index (χ4v) is 3.00. The van der Waals surface area contributed by atoms with Crippen LogP contribution in [0.3, 0.4) is 0 Å². The van der Waals surface area contributed by atoms with Gasteiger partial charge < -0.3 is 15.5 Å². The maximum Gasteiger partial charge on any atom is 0.255 e. The highest BCUT2D eigenvalue weighted by Gasteiger charge is 2.28. The van der Waals surface area contributed by atoms with Crippen molar-refractivity contribution in [2.75, 3.05) is 25.0 Å². The number of anilines is 1. The van der Waals surface area contributed by atoms with Crippen LogP contribution in [0.2, 0.25) is 5.02 Å². The molecule has 1 saturated heterocycles. The molecule has 1 aliphatic rings. The molecule has 1 atom stereocenters. The summed E-state index contributed by atoms with van der Waals surface area (Å²) in [6.45, 7) is 8.15. The number of nitrogens with one attached hydrogen (secondary N) is 2. The molecule has 132 valence electrons. The molecule has 1 aromatic rings. The molecule has 2 N–H and O–H groups in total. The van der Waals surface area contributed by atoms with Gasteiger partial charge in [-0.05, 0) is 37.6 Å². The number of hydrogen-bond donors (Lipinski definition) is 2. The molecule has 1 fully saturated rings. The molecule has 0 radical (unpaired) electrons. The van der Waals surface area contributed by atoms with E-state index in [-0.39, 0.29) is 23.8 Å². The first-order valence-electron chi connectivity index (χ1n) is 8.56. The molecule has 0 aromatic heterocycles. The average Bonchev–Trinajstić information content (AvgIpc) is 3.07. The number of rotatable bonds is 6. The van der Waals surface area contributed by atoms with Crippen LogP contribution in [0, 0.1) is 5.92 Å². The van der Waals surface area contributed by atoms with Gasteiger partial charge in [-0.3, -0.25) is 9.59 Å². The lowest BCUT2D eigenvalue weighted by molar-refractivity contribution is -0.118. The maximum absolute atomic E-state index is 13.0. The van der Waals surface area contributed by atoms with E-state index in [1.165, 1.54) is 0 Å². The lowest BCUT2D eigenvalue weighted by Crippen LogP contribution is -2.42. The number of amides is 2. The summed E-state index contributed by atoms with van der Waals surface area (Å²) in [4.78, 5) is 26.8. The van der Waals surface area contributed by atoms with Crippen molar-refractivity contribution in [1.29, 1.82) is 0 Å². The van der Waals surface area contributed by atoms with E-state index in [4.69, 9.17) is 11.6 Å². The van der Waals surface area contributed by atoms with Crippen LogP contribution < -0.4 is 10.6 Å². The third kappa shape index (κ3) is 4.48. The second-order valence-electron chi connectivity index (χ2n) is 6.48. The van der Waals surface area contributed by atoms with Crippen LogP contribution in [-0.2, 0) is 4.79 Å². The normalized spacial score (nSPS) is 17.1. The molecule has 2 rings (SSSR count). The van der Waals surface area contributed by atoms with Gasteiger partial charge in [-0.25, -0.2) is 0 Å². The summed E-state index contributed by atoms with van der Waals surface area (Å²) in [5, 5.41) is 6.53. The lowest BCUT2D eigenvalue weighted by atomic mass is 10.1. The molecular weight excluding hydrogens is 326 g/mol. The second kappa shape index (κ2) is 8.49. The van der Waals surface area contributed by atoms with Gasteiger partial charge in [0.2, 0.25) is 5.91 Å². The number of nitrogens with zero attached hydrogens (tertiary/aromatic N) is 1. The molecule has 0 bridgehead atoms. The summed E-state index contributed by atoms with van der Waals surface area (Å²) in [6, 6.07) is 5.26. The van der Waals surface area contributed by atoms with Crippen LogP contribution in [0.4, 0.5) is 5.69 Å². The third-order valence-electron chi connectivity index (χ3n) is 4.19. The van der Waals surface area contributed by atoms with Gasteiger partial charge in [0.25, 0.3) is 5.91 Å². The Morgan fingerprint density at radius 2 is 2.17 bits per heavy atom. The molecule has 1 heterocycles. The van der Waals surface area contributed by atoms with Gasteiger partial charge in [0.15, 0.2) is 0 Å². The number of halogens is 1. The summed E-state index contributed by atoms with van der Waals surface area (Å²) in [5.74, 6) is -0.279. The Hall–Kier alpha value is -1.59. The molecule has 2 amide bonds. The van der Waals surface area contributed by atoms with E-state index in [1.54, 1.807) is 18.2 Å². The van der Waals surface area contributed by atoms with Crippen molar-refractivity contribution in [1.82, 2.24) is 10.2 Å². The van der Waals surface area contributed by atoms with Gasteiger partial charge in [0, 0.05) is 30.7 Å². The van der Waals surface area contributed by atoms with Gasteiger partial charge in [-0.15, -0.1) is 0 Å². The molecule has 1 aromatic carbocycles. The van der Waals surface area contributed by atoms with E-state index in [0.29, 0.717) is 22.8 Å². The highest BCUT2D eigenvalue weighted by atomic mass is 35.5. The van der Waals surface area contributed by atoms with Crippen molar-refractivity contribution < 1.29 is 9.59 Å². The maximum atomic E-state index is 13.0. The molecule has 1 aliphatic heterocycles. The van der Waals surface area contributed by atoms with Gasteiger partial charge in [-0.2, -0.15) is 0 Å². The third-order valence-corrected chi connectivity index (χ3v) is 4.52. The molecule has 24 heavy (non-hydrogen) atoms.